The fourth-order valence-corrected chi connectivity index (χ4v) is 2.55. The van der Waals surface area contributed by atoms with Gasteiger partial charge in [-0.25, -0.2) is 9.97 Å². The zero-order valence-corrected chi connectivity index (χ0v) is 11.8. The Morgan fingerprint density at radius 1 is 1.47 bits per heavy atom. The van der Waals surface area contributed by atoms with Crippen molar-refractivity contribution in [2.24, 2.45) is 5.92 Å². The van der Waals surface area contributed by atoms with Crippen LogP contribution in [0.5, 0.6) is 0 Å². The summed E-state index contributed by atoms with van der Waals surface area (Å²) in [5.41, 5.74) is 0. The third-order valence-corrected chi connectivity index (χ3v) is 3.93. The molecule has 5 heteroatoms. The summed E-state index contributed by atoms with van der Waals surface area (Å²) in [7, 11) is 2.20. The summed E-state index contributed by atoms with van der Waals surface area (Å²) in [6.45, 7) is 3.47. The average molecular weight is 299 g/mol. The van der Waals surface area contributed by atoms with E-state index in [9.17, 15) is 0 Å². The maximum Gasteiger partial charge on any atom is 0.143 e. The second-order valence-electron chi connectivity index (χ2n) is 4.68. The zero-order valence-electron chi connectivity index (χ0n) is 10.2. The van der Waals surface area contributed by atoms with Crippen LogP contribution in [0.25, 0.3) is 0 Å². The first kappa shape index (κ1) is 12.8. The minimum absolute atomic E-state index is 0.860. The van der Waals surface area contributed by atoms with Crippen molar-refractivity contribution in [2.75, 3.05) is 32.0 Å². The Labute approximate surface area is 111 Å². The lowest BCUT2D eigenvalue weighted by Crippen LogP contribution is -2.30. The van der Waals surface area contributed by atoms with Gasteiger partial charge in [-0.2, -0.15) is 0 Å². The lowest BCUT2D eigenvalue weighted by Gasteiger charge is -2.28. The fraction of sp³-hybridized carbons (Fsp3) is 0.667. The Bertz CT molecular complexity index is 350. The van der Waals surface area contributed by atoms with Gasteiger partial charge >= 0.3 is 0 Å². The highest BCUT2D eigenvalue weighted by Crippen LogP contribution is 2.21. The number of hydrogen-bond donors (Lipinski definition) is 1. The van der Waals surface area contributed by atoms with Gasteiger partial charge < -0.3 is 10.2 Å². The summed E-state index contributed by atoms with van der Waals surface area (Å²) in [5.74, 6) is 1.76. The van der Waals surface area contributed by atoms with Crippen LogP contribution in [-0.4, -0.2) is 41.5 Å². The normalized spacial score (nSPS) is 18.2. The van der Waals surface area contributed by atoms with Gasteiger partial charge in [0.15, 0.2) is 0 Å². The van der Waals surface area contributed by atoms with Crippen LogP contribution in [0.15, 0.2) is 17.0 Å². The van der Waals surface area contributed by atoms with Crippen LogP contribution >= 0.6 is 15.9 Å². The lowest BCUT2D eigenvalue weighted by molar-refractivity contribution is 0.215. The van der Waals surface area contributed by atoms with E-state index >= 15 is 0 Å². The van der Waals surface area contributed by atoms with Crippen molar-refractivity contribution in [1.82, 2.24) is 14.9 Å². The largest absolute Gasteiger partial charge is 0.369 e. The molecule has 1 aromatic heterocycles. The van der Waals surface area contributed by atoms with E-state index in [1.54, 1.807) is 12.5 Å². The number of rotatable bonds is 4. The molecule has 2 heterocycles. The van der Waals surface area contributed by atoms with Crippen molar-refractivity contribution in [3.8, 4) is 0 Å². The van der Waals surface area contributed by atoms with Crippen molar-refractivity contribution in [1.29, 1.82) is 0 Å². The quantitative estimate of drug-likeness (QED) is 0.927. The molecular formula is C12H19BrN4. The third-order valence-electron chi connectivity index (χ3n) is 3.35. The Balaban J connectivity index is 1.71. The molecule has 1 fully saturated rings. The van der Waals surface area contributed by atoms with E-state index in [0.29, 0.717) is 0 Å². The molecular weight excluding hydrogens is 280 g/mol. The van der Waals surface area contributed by atoms with Crippen LogP contribution in [0.1, 0.15) is 19.3 Å². The molecule has 1 saturated heterocycles. The predicted octanol–water partition coefficient (Wildman–Crippen LogP) is 2.38. The van der Waals surface area contributed by atoms with E-state index in [-0.39, 0.29) is 0 Å². The molecule has 0 unspecified atom stereocenters. The number of likely N-dealkylation sites (tertiary alicyclic amines) is 1. The lowest BCUT2D eigenvalue weighted by atomic mass is 9.94. The number of halogens is 1. The monoisotopic (exact) mass is 298 g/mol. The molecule has 1 aliphatic rings. The Kier molecular flexibility index (Phi) is 4.74. The summed E-state index contributed by atoms with van der Waals surface area (Å²) in [6.07, 6.45) is 7.21. The molecule has 0 aliphatic carbocycles. The van der Waals surface area contributed by atoms with Crippen LogP contribution in [0.4, 0.5) is 5.82 Å². The molecule has 0 saturated carbocycles. The number of anilines is 1. The van der Waals surface area contributed by atoms with Crippen molar-refractivity contribution in [3.63, 3.8) is 0 Å². The van der Waals surface area contributed by atoms with E-state index < -0.39 is 0 Å². The first-order valence-corrected chi connectivity index (χ1v) is 6.93. The van der Waals surface area contributed by atoms with Gasteiger partial charge in [0.2, 0.25) is 0 Å². The minimum Gasteiger partial charge on any atom is -0.369 e. The van der Waals surface area contributed by atoms with Crippen molar-refractivity contribution < 1.29 is 0 Å². The van der Waals surface area contributed by atoms with Gasteiger partial charge in [0, 0.05) is 12.7 Å². The van der Waals surface area contributed by atoms with Crippen molar-refractivity contribution in [3.05, 3.63) is 17.0 Å². The maximum absolute atomic E-state index is 4.20. The summed E-state index contributed by atoms with van der Waals surface area (Å²) in [4.78, 5) is 10.6. The molecule has 0 atom stereocenters. The molecule has 0 aromatic carbocycles. The second-order valence-corrected chi connectivity index (χ2v) is 5.54. The number of nitrogens with zero attached hydrogens (tertiary/aromatic N) is 3. The van der Waals surface area contributed by atoms with Gasteiger partial charge in [-0.05, 0) is 61.2 Å². The van der Waals surface area contributed by atoms with Gasteiger partial charge in [0.1, 0.15) is 12.1 Å². The molecule has 4 nitrogen and oxygen atoms in total. The Morgan fingerprint density at radius 2 is 2.24 bits per heavy atom. The fourth-order valence-electron chi connectivity index (χ4n) is 2.19. The van der Waals surface area contributed by atoms with Gasteiger partial charge in [-0.1, -0.05) is 0 Å². The molecule has 1 aliphatic heterocycles. The highest BCUT2D eigenvalue weighted by molar-refractivity contribution is 9.10. The van der Waals surface area contributed by atoms with Gasteiger partial charge in [0.05, 0.1) is 4.47 Å². The first-order chi connectivity index (χ1) is 8.25. The molecule has 0 spiro atoms. The summed E-state index contributed by atoms with van der Waals surface area (Å²) in [5, 5.41) is 3.36. The van der Waals surface area contributed by atoms with E-state index in [4.69, 9.17) is 0 Å². The van der Waals surface area contributed by atoms with Crippen molar-refractivity contribution >= 4 is 21.7 Å². The molecule has 0 bridgehead atoms. The van der Waals surface area contributed by atoms with Gasteiger partial charge in [0.25, 0.3) is 0 Å². The predicted molar refractivity (Wildman–Crippen MR) is 73.1 cm³/mol. The Hall–Kier alpha value is -0.680. The molecule has 0 amide bonds. The number of nitrogens with one attached hydrogen (secondary N) is 1. The summed E-state index contributed by atoms with van der Waals surface area (Å²) >= 11 is 3.44. The average Bonchev–Trinajstić information content (AvgIpc) is 2.34. The highest BCUT2D eigenvalue weighted by Gasteiger charge is 2.16. The van der Waals surface area contributed by atoms with E-state index in [1.807, 2.05) is 0 Å². The molecule has 17 heavy (non-hydrogen) atoms. The maximum atomic E-state index is 4.20. The number of hydrogen-bond acceptors (Lipinski definition) is 4. The molecule has 0 radical (unpaired) electrons. The van der Waals surface area contributed by atoms with Crippen molar-refractivity contribution in [2.45, 2.75) is 19.3 Å². The molecule has 1 N–H and O–H groups in total. The SMILES string of the molecule is CN1CCC(CCNc2ncncc2Br)CC1. The van der Waals surface area contributed by atoms with E-state index in [0.717, 1.165) is 22.8 Å². The topological polar surface area (TPSA) is 41.0 Å². The van der Waals surface area contributed by atoms with Crippen LogP contribution in [0.3, 0.4) is 0 Å². The minimum atomic E-state index is 0.860. The van der Waals surface area contributed by atoms with E-state index in [2.05, 4.69) is 43.2 Å². The molecule has 94 valence electrons. The first-order valence-electron chi connectivity index (χ1n) is 6.13. The smallest absolute Gasteiger partial charge is 0.143 e. The number of piperidine rings is 1. The second kappa shape index (κ2) is 6.31. The van der Waals surface area contributed by atoms with Crippen LogP contribution < -0.4 is 5.32 Å². The van der Waals surface area contributed by atoms with E-state index in [1.165, 1.54) is 32.4 Å². The summed E-state index contributed by atoms with van der Waals surface area (Å²) in [6, 6.07) is 0. The van der Waals surface area contributed by atoms with Crippen LogP contribution in [0.2, 0.25) is 0 Å². The highest BCUT2D eigenvalue weighted by atomic mass is 79.9. The third kappa shape index (κ3) is 3.92. The standard InChI is InChI=1S/C12H19BrN4/c1-17-6-3-10(4-7-17)2-5-15-12-11(13)8-14-9-16-12/h8-10H,2-7H2,1H3,(H,14,15,16). The summed E-state index contributed by atoms with van der Waals surface area (Å²) < 4.78 is 0.934. The Morgan fingerprint density at radius 3 is 2.94 bits per heavy atom. The number of aromatic nitrogens is 2. The van der Waals surface area contributed by atoms with Gasteiger partial charge in [-0.3, -0.25) is 0 Å². The zero-order chi connectivity index (χ0) is 12.1. The van der Waals surface area contributed by atoms with Gasteiger partial charge in [-0.15, -0.1) is 0 Å². The molecule has 1 aromatic rings. The van der Waals surface area contributed by atoms with Crippen LogP contribution in [0, 0.1) is 5.92 Å². The molecule has 2 rings (SSSR count). The van der Waals surface area contributed by atoms with Crippen LogP contribution in [-0.2, 0) is 0 Å².